The molecule has 0 spiro atoms. The predicted molar refractivity (Wildman–Crippen MR) is 113 cm³/mol. The molecular weight excluding hydrogens is 396 g/mol. The van der Waals surface area contributed by atoms with Crippen molar-refractivity contribution in [3.63, 3.8) is 0 Å². The third kappa shape index (κ3) is 5.53. The maximum Gasteiger partial charge on any atom is 0.341 e. The minimum atomic E-state index is -0.753. The van der Waals surface area contributed by atoms with Crippen LogP contribution in [-0.4, -0.2) is 68.0 Å². The Morgan fingerprint density at radius 1 is 1.07 bits per heavy atom. The van der Waals surface area contributed by atoms with Crippen molar-refractivity contribution in [1.29, 1.82) is 0 Å². The number of hydrogen-bond donors (Lipinski definition) is 2. The summed E-state index contributed by atoms with van der Waals surface area (Å²) in [6, 6.07) is 12.5. The van der Waals surface area contributed by atoms with E-state index in [9.17, 15) is 15.0 Å². The van der Waals surface area contributed by atoms with E-state index in [1.807, 2.05) is 24.3 Å². The molecule has 1 atom stereocenters. The number of phenolic OH excluding ortho intramolecular Hbond substituents is 1. The van der Waals surface area contributed by atoms with Crippen molar-refractivity contribution in [3.05, 3.63) is 53.6 Å². The fourth-order valence-electron chi connectivity index (χ4n) is 3.37. The highest BCUT2D eigenvalue weighted by Crippen LogP contribution is 2.25. The first-order valence-electron chi connectivity index (χ1n) is 9.22. The summed E-state index contributed by atoms with van der Waals surface area (Å²) < 4.78 is 9.86. The third-order valence-electron chi connectivity index (χ3n) is 5.05. The molecule has 2 aromatic carbocycles. The maximum atomic E-state index is 11.7. The molecule has 1 aliphatic rings. The summed E-state index contributed by atoms with van der Waals surface area (Å²) in [5, 5.41) is 20.4. The van der Waals surface area contributed by atoms with Gasteiger partial charge in [0.2, 0.25) is 0 Å². The van der Waals surface area contributed by atoms with Crippen molar-refractivity contribution in [1.82, 2.24) is 4.90 Å². The van der Waals surface area contributed by atoms with E-state index < -0.39 is 12.1 Å². The predicted octanol–water partition coefficient (Wildman–Crippen LogP) is 2.46. The minimum Gasteiger partial charge on any atom is -0.507 e. The lowest BCUT2D eigenvalue weighted by atomic mass is 10.0. The van der Waals surface area contributed by atoms with E-state index in [1.165, 1.54) is 19.2 Å². The van der Waals surface area contributed by atoms with Gasteiger partial charge in [-0.15, -0.1) is 12.4 Å². The quantitative estimate of drug-likeness (QED) is 0.692. The van der Waals surface area contributed by atoms with E-state index in [2.05, 4.69) is 14.5 Å². The number of carbonyl (C=O) groups excluding carboxylic acids is 1. The molecule has 1 unspecified atom stereocenters. The van der Waals surface area contributed by atoms with Crippen LogP contribution >= 0.6 is 12.4 Å². The van der Waals surface area contributed by atoms with E-state index in [0.29, 0.717) is 12.1 Å². The topological polar surface area (TPSA) is 82.5 Å². The number of aliphatic hydroxyl groups is 1. The lowest BCUT2D eigenvalue weighted by molar-refractivity contribution is 0.0596. The molecule has 0 aromatic heterocycles. The number of esters is 1. The van der Waals surface area contributed by atoms with Crippen molar-refractivity contribution in [2.45, 2.75) is 6.10 Å². The fraction of sp³-hybridized carbons (Fsp3) is 0.381. The first-order valence-corrected chi connectivity index (χ1v) is 9.22. The zero-order valence-electron chi connectivity index (χ0n) is 16.6. The average molecular weight is 423 g/mol. The van der Waals surface area contributed by atoms with Crippen molar-refractivity contribution in [3.8, 4) is 11.5 Å². The van der Waals surface area contributed by atoms with E-state index in [4.69, 9.17) is 4.74 Å². The van der Waals surface area contributed by atoms with Gasteiger partial charge in [0.25, 0.3) is 0 Å². The van der Waals surface area contributed by atoms with Crippen LogP contribution in [0.15, 0.2) is 42.5 Å². The number of methoxy groups -OCH3 is 2. The number of piperazine rings is 1. The summed E-state index contributed by atoms with van der Waals surface area (Å²) in [5.74, 6) is 0.0568. The van der Waals surface area contributed by atoms with Crippen LogP contribution in [0.5, 0.6) is 11.5 Å². The van der Waals surface area contributed by atoms with Gasteiger partial charge in [0.05, 0.1) is 20.3 Å². The number of rotatable bonds is 6. The number of carbonyl (C=O) groups is 1. The zero-order chi connectivity index (χ0) is 20.1. The summed E-state index contributed by atoms with van der Waals surface area (Å²) in [6.07, 6.45) is -0.753. The molecule has 8 heteroatoms. The number of hydrogen-bond acceptors (Lipinski definition) is 7. The lowest BCUT2D eigenvalue weighted by Crippen LogP contribution is -2.47. The molecule has 29 heavy (non-hydrogen) atoms. The Morgan fingerprint density at radius 2 is 1.72 bits per heavy atom. The normalized spacial score (nSPS) is 15.3. The van der Waals surface area contributed by atoms with Gasteiger partial charge in [0, 0.05) is 38.4 Å². The Balaban J connectivity index is 0.00000300. The maximum absolute atomic E-state index is 11.7. The molecule has 1 fully saturated rings. The molecule has 1 heterocycles. The van der Waals surface area contributed by atoms with Gasteiger partial charge in [-0.25, -0.2) is 4.79 Å². The van der Waals surface area contributed by atoms with Gasteiger partial charge in [0.1, 0.15) is 17.1 Å². The molecule has 0 saturated carbocycles. The van der Waals surface area contributed by atoms with Crippen LogP contribution in [0.25, 0.3) is 0 Å². The second-order valence-electron chi connectivity index (χ2n) is 6.77. The highest BCUT2D eigenvalue weighted by Gasteiger charge is 2.22. The Bertz CT molecular complexity index is 807. The van der Waals surface area contributed by atoms with Crippen molar-refractivity contribution in [2.75, 3.05) is 51.8 Å². The Hall–Kier alpha value is -2.48. The average Bonchev–Trinajstić information content (AvgIpc) is 2.74. The molecule has 2 aromatic rings. The summed E-state index contributed by atoms with van der Waals surface area (Å²) in [4.78, 5) is 16.2. The lowest BCUT2D eigenvalue weighted by Gasteiger charge is -2.37. The van der Waals surface area contributed by atoms with Crippen LogP contribution in [0.2, 0.25) is 0 Å². The number of phenols is 1. The molecule has 1 saturated heterocycles. The van der Waals surface area contributed by atoms with Crippen LogP contribution < -0.4 is 9.64 Å². The van der Waals surface area contributed by atoms with Gasteiger partial charge in [0.15, 0.2) is 0 Å². The number of anilines is 1. The molecule has 158 valence electrons. The summed E-state index contributed by atoms with van der Waals surface area (Å²) in [5.41, 5.74) is 1.79. The Kier molecular flexibility index (Phi) is 8.13. The molecule has 1 aliphatic heterocycles. The standard InChI is InChI=1S/C21H26N2O5.ClH/c1-27-17-6-4-16(5-7-17)23-11-9-22(10-12-23)14-20(25)15-3-8-19(24)18(13-15)21(26)28-2;/h3-8,13,20,24-25H,9-12,14H2,1-2H3;1H. The number of benzene rings is 2. The smallest absolute Gasteiger partial charge is 0.341 e. The SMILES string of the molecule is COC(=O)c1cc(C(O)CN2CCN(c3ccc(OC)cc3)CC2)ccc1O.Cl. The largest absolute Gasteiger partial charge is 0.507 e. The summed E-state index contributed by atoms with van der Waals surface area (Å²) in [6.45, 7) is 3.84. The molecule has 3 rings (SSSR count). The zero-order valence-corrected chi connectivity index (χ0v) is 17.4. The highest BCUT2D eigenvalue weighted by atomic mass is 35.5. The Labute approximate surface area is 176 Å². The number of nitrogens with zero attached hydrogens (tertiary/aromatic N) is 2. The van der Waals surface area contributed by atoms with E-state index in [0.717, 1.165) is 37.6 Å². The first-order chi connectivity index (χ1) is 13.5. The number of β-amino-alcohol motifs (C(OH)–C–C–N with tert-alkyl or cyclic N) is 1. The monoisotopic (exact) mass is 422 g/mol. The van der Waals surface area contributed by atoms with Gasteiger partial charge in [-0.05, 0) is 42.0 Å². The summed E-state index contributed by atoms with van der Waals surface area (Å²) in [7, 11) is 2.91. The van der Waals surface area contributed by atoms with Crippen LogP contribution in [0.4, 0.5) is 5.69 Å². The fourth-order valence-corrected chi connectivity index (χ4v) is 3.37. The van der Waals surface area contributed by atoms with Gasteiger partial charge >= 0.3 is 5.97 Å². The first kappa shape index (κ1) is 22.8. The Morgan fingerprint density at radius 3 is 2.31 bits per heavy atom. The number of aliphatic hydroxyl groups excluding tert-OH is 1. The van der Waals surface area contributed by atoms with Gasteiger partial charge in [-0.2, -0.15) is 0 Å². The van der Waals surface area contributed by atoms with Crippen LogP contribution in [0.3, 0.4) is 0 Å². The second kappa shape index (κ2) is 10.3. The molecule has 0 aliphatic carbocycles. The number of aromatic hydroxyl groups is 1. The second-order valence-corrected chi connectivity index (χ2v) is 6.77. The highest BCUT2D eigenvalue weighted by molar-refractivity contribution is 5.92. The van der Waals surface area contributed by atoms with Gasteiger partial charge in [-0.1, -0.05) is 6.07 Å². The van der Waals surface area contributed by atoms with Gasteiger partial charge in [-0.3, -0.25) is 4.90 Å². The molecule has 0 bridgehead atoms. The van der Waals surface area contributed by atoms with E-state index in [1.54, 1.807) is 13.2 Å². The van der Waals surface area contributed by atoms with E-state index in [-0.39, 0.29) is 23.7 Å². The third-order valence-corrected chi connectivity index (χ3v) is 5.05. The van der Waals surface area contributed by atoms with Crippen LogP contribution in [-0.2, 0) is 4.74 Å². The van der Waals surface area contributed by atoms with Crippen molar-refractivity contribution >= 4 is 24.1 Å². The minimum absolute atomic E-state index is 0. The van der Waals surface area contributed by atoms with Crippen LogP contribution in [0.1, 0.15) is 22.0 Å². The molecule has 2 N–H and O–H groups in total. The van der Waals surface area contributed by atoms with Crippen molar-refractivity contribution in [2.24, 2.45) is 0 Å². The molecular formula is C21H27ClN2O5. The van der Waals surface area contributed by atoms with E-state index >= 15 is 0 Å². The number of ether oxygens (including phenoxy) is 2. The summed E-state index contributed by atoms with van der Waals surface area (Å²) >= 11 is 0. The van der Waals surface area contributed by atoms with Gasteiger partial charge < -0.3 is 24.6 Å². The van der Waals surface area contributed by atoms with Crippen LogP contribution in [0, 0.1) is 0 Å². The van der Waals surface area contributed by atoms with Crippen molar-refractivity contribution < 1.29 is 24.5 Å². The number of halogens is 1. The molecule has 0 radical (unpaired) electrons. The molecule has 0 amide bonds. The molecule has 7 nitrogen and oxygen atoms in total.